The highest BCUT2D eigenvalue weighted by Gasteiger charge is 2.20. The number of hydrogen-bond donors (Lipinski definition) is 2. The van der Waals surface area contributed by atoms with Crippen molar-refractivity contribution in [3.05, 3.63) is 65.4 Å². The predicted octanol–water partition coefficient (Wildman–Crippen LogP) is 3.02. The molecule has 1 heterocycles. The summed E-state index contributed by atoms with van der Waals surface area (Å²) in [6.45, 7) is 1.97. The Labute approximate surface area is 133 Å². The van der Waals surface area contributed by atoms with E-state index in [2.05, 4.69) is 5.32 Å². The minimum atomic E-state index is -0.716. The van der Waals surface area contributed by atoms with Crippen LogP contribution < -0.4 is 11.1 Å². The van der Waals surface area contributed by atoms with Crippen molar-refractivity contribution in [1.82, 2.24) is 0 Å². The van der Waals surface area contributed by atoms with E-state index in [-0.39, 0.29) is 18.1 Å². The molecule has 1 aromatic heterocycles. The number of anilines is 1. The lowest BCUT2D eigenvalue weighted by Crippen LogP contribution is -2.18. The third-order valence-corrected chi connectivity index (χ3v) is 3.53. The average molecular weight is 308 g/mol. The number of rotatable bonds is 4. The highest BCUT2D eigenvalue weighted by molar-refractivity contribution is 6.10. The Hall–Kier alpha value is -3.08. The molecule has 0 aliphatic heterocycles. The second kappa shape index (κ2) is 5.96. The molecule has 5 nitrogen and oxygen atoms in total. The lowest BCUT2D eigenvalue weighted by molar-refractivity contribution is -0.115. The van der Waals surface area contributed by atoms with Crippen molar-refractivity contribution in [2.75, 3.05) is 5.32 Å². The van der Waals surface area contributed by atoms with Gasteiger partial charge in [0, 0.05) is 5.39 Å². The lowest BCUT2D eigenvalue weighted by atomic mass is 10.1. The number of carbonyl (C=O) groups excluding carboxylic acids is 2. The summed E-state index contributed by atoms with van der Waals surface area (Å²) in [5.74, 6) is -0.986. The van der Waals surface area contributed by atoms with Gasteiger partial charge >= 0.3 is 0 Å². The number of hydrogen-bond acceptors (Lipinski definition) is 3. The molecule has 0 aliphatic carbocycles. The van der Waals surface area contributed by atoms with E-state index < -0.39 is 5.91 Å². The lowest BCUT2D eigenvalue weighted by Gasteiger charge is -2.06. The van der Waals surface area contributed by atoms with Crippen molar-refractivity contribution in [3.8, 4) is 0 Å². The van der Waals surface area contributed by atoms with Crippen LogP contribution >= 0.6 is 0 Å². The Bertz CT molecular complexity index is 896. The van der Waals surface area contributed by atoms with Crippen LogP contribution in [0.5, 0.6) is 0 Å². The van der Waals surface area contributed by atoms with E-state index in [1.54, 1.807) is 24.3 Å². The monoisotopic (exact) mass is 308 g/mol. The number of furan rings is 1. The minimum absolute atomic E-state index is 0.0382. The molecular formula is C18H16N2O3. The number of carbonyl (C=O) groups is 2. The highest BCUT2D eigenvalue weighted by Crippen LogP contribution is 2.30. The van der Waals surface area contributed by atoms with Gasteiger partial charge in [0.25, 0.3) is 5.91 Å². The second-order valence-corrected chi connectivity index (χ2v) is 5.38. The molecule has 0 saturated heterocycles. The van der Waals surface area contributed by atoms with Crippen molar-refractivity contribution in [2.24, 2.45) is 5.73 Å². The molecule has 0 unspecified atom stereocenters. The maximum Gasteiger partial charge on any atom is 0.286 e. The number of fused-ring (bicyclic) bond motifs is 1. The van der Waals surface area contributed by atoms with Crippen LogP contribution in [-0.2, 0) is 11.2 Å². The predicted molar refractivity (Wildman–Crippen MR) is 88.2 cm³/mol. The van der Waals surface area contributed by atoms with Crippen molar-refractivity contribution in [3.63, 3.8) is 0 Å². The number of para-hydroxylation sites is 1. The zero-order valence-electron chi connectivity index (χ0n) is 12.6. The second-order valence-electron chi connectivity index (χ2n) is 5.38. The summed E-state index contributed by atoms with van der Waals surface area (Å²) in [6, 6.07) is 14.8. The SMILES string of the molecule is Cc1cccc(CC(=O)Nc2c(C(N)=O)oc3ccccc23)c1. The van der Waals surface area contributed by atoms with Crippen LogP contribution in [0.3, 0.4) is 0 Å². The summed E-state index contributed by atoms with van der Waals surface area (Å²) >= 11 is 0. The molecule has 3 aromatic rings. The number of nitrogens with two attached hydrogens (primary N) is 1. The molecule has 0 saturated carbocycles. The fourth-order valence-corrected chi connectivity index (χ4v) is 2.53. The summed E-state index contributed by atoms with van der Waals surface area (Å²) in [5, 5.41) is 3.40. The molecule has 3 N–H and O–H groups in total. The molecule has 3 rings (SSSR count). The van der Waals surface area contributed by atoms with E-state index in [0.29, 0.717) is 16.7 Å². The summed E-state index contributed by atoms with van der Waals surface area (Å²) in [7, 11) is 0. The van der Waals surface area contributed by atoms with Crippen molar-refractivity contribution < 1.29 is 14.0 Å². The number of aryl methyl sites for hydroxylation is 1. The van der Waals surface area contributed by atoms with Gasteiger partial charge in [-0.05, 0) is 24.6 Å². The van der Waals surface area contributed by atoms with E-state index in [0.717, 1.165) is 11.1 Å². The molecule has 0 spiro atoms. The van der Waals surface area contributed by atoms with Gasteiger partial charge in [0.15, 0.2) is 0 Å². The van der Waals surface area contributed by atoms with Crippen LogP contribution in [0.2, 0.25) is 0 Å². The Morgan fingerprint density at radius 2 is 1.91 bits per heavy atom. The molecule has 23 heavy (non-hydrogen) atoms. The van der Waals surface area contributed by atoms with Gasteiger partial charge in [-0.3, -0.25) is 9.59 Å². The van der Waals surface area contributed by atoms with E-state index in [1.165, 1.54) is 0 Å². The highest BCUT2D eigenvalue weighted by atomic mass is 16.3. The fourth-order valence-electron chi connectivity index (χ4n) is 2.53. The van der Waals surface area contributed by atoms with Gasteiger partial charge in [-0.1, -0.05) is 42.0 Å². The van der Waals surface area contributed by atoms with Crippen LogP contribution in [0.4, 0.5) is 5.69 Å². The van der Waals surface area contributed by atoms with Gasteiger partial charge in [-0.25, -0.2) is 0 Å². The Kier molecular flexibility index (Phi) is 3.85. The van der Waals surface area contributed by atoms with E-state index in [1.807, 2.05) is 31.2 Å². The van der Waals surface area contributed by atoms with Gasteiger partial charge in [0.2, 0.25) is 11.7 Å². The molecule has 0 atom stereocenters. The van der Waals surface area contributed by atoms with E-state index in [4.69, 9.17) is 10.2 Å². The smallest absolute Gasteiger partial charge is 0.286 e. The molecule has 0 bridgehead atoms. The Morgan fingerprint density at radius 1 is 1.13 bits per heavy atom. The maximum atomic E-state index is 12.3. The number of benzene rings is 2. The van der Waals surface area contributed by atoms with Crippen LogP contribution in [-0.4, -0.2) is 11.8 Å². The molecule has 2 amide bonds. The molecule has 0 fully saturated rings. The third kappa shape index (κ3) is 3.08. The summed E-state index contributed by atoms with van der Waals surface area (Å²) in [6.07, 6.45) is 0.208. The summed E-state index contributed by atoms with van der Waals surface area (Å²) in [4.78, 5) is 23.9. The van der Waals surface area contributed by atoms with E-state index >= 15 is 0 Å². The zero-order valence-corrected chi connectivity index (χ0v) is 12.6. The number of primary amides is 1. The fraction of sp³-hybridized carbons (Fsp3) is 0.111. The molecule has 116 valence electrons. The molecular weight excluding hydrogens is 292 g/mol. The van der Waals surface area contributed by atoms with Crippen molar-refractivity contribution in [1.29, 1.82) is 0 Å². The van der Waals surface area contributed by atoms with Crippen molar-refractivity contribution in [2.45, 2.75) is 13.3 Å². The Morgan fingerprint density at radius 3 is 2.65 bits per heavy atom. The standard InChI is InChI=1S/C18H16N2O3/c1-11-5-4-6-12(9-11)10-15(21)20-16-13-7-2-3-8-14(13)23-17(16)18(19)22/h2-9H,10H2,1H3,(H2,19,22)(H,20,21). The maximum absolute atomic E-state index is 12.3. The normalized spacial score (nSPS) is 10.7. The van der Waals surface area contributed by atoms with Gasteiger partial charge in [-0.15, -0.1) is 0 Å². The van der Waals surface area contributed by atoms with Gasteiger partial charge in [0.1, 0.15) is 11.3 Å². The van der Waals surface area contributed by atoms with Crippen molar-refractivity contribution >= 4 is 28.5 Å². The molecule has 5 heteroatoms. The molecule has 2 aromatic carbocycles. The molecule has 0 radical (unpaired) electrons. The van der Waals surface area contributed by atoms with Crippen LogP contribution in [0.15, 0.2) is 52.9 Å². The third-order valence-electron chi connectivity index (χ3n) is 3.53. The van der Waals surface area contributed by atoms with Gasteiger partial charge in [-0.2, -0.15) is 0 Å². The van der Waals surface area contributed by atoms with Crippen LogP contribution in [0, 0.1) is 6.92 Å². The number of amides is 2. The van der Waals surface area contributed by atoms with Crippen LogP contribution in [0.1, 0.15) is 21.7 Å². The topological polar surface area (TPSA) is 85.3 Å². The van der Waals surface area contributed by atoms with Crippen LogP contribution in [0.25, 0.3) is 11.0 Å². The first-order valence-corrected chi connectivity index (χ1v) is 7.21. The van der Waals surface area contributed by atoms with Gasteiger partial charge < -0.3 is 15.5 Å². The van der Waals surface area contributed by atoms with E-state index in [9.17, 15) is 9.59 Å². The molecule has 0 aliphatic rings. The number of nitrogens with one attached hydrogen (secondary N) is 1. The first kappa shape index (κ1) is 14.8. The first-order valence-electron chi connectivity index (χ1n) is 7.21. The quantitative estimate of drug-likeness (QED) is 0.777. The zero-order chi connectivity index (χ0) is 16.4. The Balaban J connectivity index is 1.90. The summed E-state index contributed by atoms with van der Waals surface area (Å²) in [5.41, 5.74) is 8.16. The largest absolute Gasteiger partial charge is 0.449 e. The van der Waals surface area contributed by atoms with Gasteiger partial charge in [0.05, 0.1) is 6.42 Å². The first-order chi connectivity index (χ1) is 11.0. The minimum Gasteiger partial charge on any atom is -0.449 e. The summed E-state index contributed by atoms with van der Waals surface area (Å²) < 4.78 is 5.44. The average Bonchev–Trinajstić information content (AvgIpc) is 2.86.